The van der Waals surface area contributed by atoms with E-state index in [-0.39, 0.29) is 5.75 Å². The summed E-state index contributed by atoms with van der Waals surface area (Å²) in [5.74, 6) is -1.08. The lowest BCUT2D eigenvalue weighted by Gasteiger charge is -2.07. The van der Waals surface area contributed by atoms with Gasteiger partial charge in [0, 0.05) is 6.08 Å². The Morgan fingerprint density at radius 3 is 2.28 bits per heavy atom. The van der Waals surface area contributed by atoms with Gasteiger partial charge in [0.05, 0.1) is 26.3 Å². The highest BCUT2D eigenvalue weighted by Gasteiger charge is 1.96. The summed E-state index contributed by atoms with van der Waals surface area (Å²) in [7, 11) is 0. The molecule has 5 heteroatoms. The molecule has 0 radical (unpaired) electrons. The molecule has 1 aliphatic heterocycles. The number of quaternary nitrogens is 1. The Kier molecular flexibility index (Phi) is 6.53. The zero-order valence-corrected chi connectivity index (χ0v) is 10.0. The number of hydrogen-bond acceptors (Lipinski definition) is 3. The van der Waals surface area contributed by atoms with Gasteiger partial charge in [-0.1, -0.05) is 24.3 Å². The number of ether oxygens (including phenoxy) is 1. The Bertz CT molecular complexity index is 371. The molecule has 0 amide bonds. The summed E-state index contributed by atoms with van der Waals surface area (Å²) >= 11 is 0. The normalized spacial score (nSPS) is 14.9. The van der Waals surface area contributed by atoms with Crippen molar-refractivity contribution in [1.82, 2.24) is 0 Å². The number of nitrogens with two attached hydrogens (primary N) is 1. The van der Waals surface area contributed by atoms with Crippen molar-refractivity contribution in [3.8, 4) is 5.75 Å². The molecule has 18 heavy (non-hydrogen) atoms. The SMILES string of the molecule is C1COCC[NH2+]1.O=C(O)/C=C/c1ccc([O-])cc1. The first-order valence-corrected chi connectivity index (χ1v) is 5.76. The van der Waals surface area contributed by atoms with Crippen LogP contribution in [0, 0.1) is 0 Å². The molecule has 0 bridgehead atoms. The Morgan fingerprint density at radius 2 is 1.89 bits per heavy atom. The number of benzene rings is 1. The topological polar surface area (TPSA) is 86.2 Å². The predicted molar refractivity (Wildman–Crippen MR) is 65.0 cm³/mol. The van der Waals surface area contributed by atoms with E-state index in [1.54, 1.807) is 12.1 Å². The minimum absolute atomic E-state index is 0.0810. The molecule has 0 spiro atoms. The summed E-state index contributed by atoms with van der Waals surface area (Å²) < 4.78 is 5.04. The van der Waals surface area contributed by atoms with Gasteiger partial charge in [0.1, 0.15) is 0 Å². The van der Waals surface area contributed by atoms with Crippen molar-refractivity contribution < 1.29 is 25.1 Å². The molecule has 3 N–H and O–H groups in total. The smallest absolute Gasteiger partial charge is 0.328 e. The van der Waals surface area contributed by atoms with E-state index in [4.69, 9.17) is 9.84 Å². The van der Waals surface area contributed by atoms with Crippen LogP contribution in [0.2, 0.25) is 0 Å². The van der Waals surface area contributed by atoms with Crippen LogP contribution < -0.4 is 10.4 Å². The predicted octanol–water partition coefficient (Wildman–Crippen LogP) is -0.562. The zero-order chi connectivity index (χ0) is 13.2. The molecule has 0 unspecified atom stereocenters. The van der Waals surface area contributed by atoms with Gasteiger partial charge >= 0.3 is 5.97 Å². The summed E-state index contributed by atoms with van der Waals surface area (Å²) in [6, 6.07) is 5.92. The first kappa shape index (κ1) is 14.2. The van der Waals surface area contributed by atoms with Crippen LogP contribution in [0.25, 0.3) is 6.08 Å². The molecular weight excluding hydrogens is 234 g/mol. The van der Waals surface area contributed by atoms with E-state index < -0.39 is 5.97 Å². The first-order chi connectivity index (χ1) is 8.68. The zero-order valence-electron chi connectivity index (χ0n) is 10.0. The van der Waals surface area contributed by atoms with E-state index in [1.165, 1.54) is 18.2 Å². The number of morpholine rings is 1. The van der Waals surface area contributed by atoms with Crippen molar-refractivity contribution in [2.24, 2.45) is 0 Å². The van der Waals surface area contributed by atoms with E-state index in [1.807, 2.05) is 0 Å². The average Bonchev–Trinajstić information content (AvgIpc) is 2.41. The van der Waals surface area contributed by atoms with E-state index in [0.717, 1.165) is 32.4 Å². The van der Waals surface area contributed by atoms with Gasteiger partial charge in [-0.15, -0.1) is 5.75 Å². The second-order valence-electron chi connectivity index (χ2n) is 3.72. The molecule has 1 fully saturated rings. The van der Waals surface area contributed by atoms with Crippen LogP contribution >= 0.6 is 0 Å². The lowest BCUT2D eigenvalue weighted by molar-refractivity contribution is -0.670. The number of carboxylic acids is 1. The van der Waals surface area contributed by atoms with Crippen molar-refractivity contribution in [1.29, 1.82) is 0 Å². The summed E-state index contributed by atoms with van der Waals surface area (Å²) in [4.78, 5) is 10.1. The highest BCUT2D eigenvalue weighted by Crippen LogP contribution is 2.07. The number of carbonyl (C=O) groups is 1. The fraction of sp³-hybridized carbons (Fsp3) is 0.308. The second-order valence-corrected chi connectivity index (χ2v) is 3.72. The fourth-order valence-electron chi connectivity index (χ4n) is 1.33. The standard InChI is InChI=1S/C9H8O3.C4H9NO/c10-8-4-1-7(2-5-8)3-6-9(11)12;1-3-6-4-2-5-1/h1-6,10H,(H,11,12);5H,1-4H2/b6-3+;. The van der Waals surface area contributed by atoms with Crippen molar-refractivity contribution >= 4 is 12.0 Å². The molecule has 1 heterocycles. The van der Waals surface area contributed by atoms with Crippen molar-refractivity contribution in [2.75, 3.05) is 26.3 Å². The maximum atomic E-state index is 10.6. The first-order valence-electron chi connectivity index (χ1n) is 5.76. The summed E-state index contributed by atoms with van der Waals surface area (Å²) in [5, 5.41) is 21.2. The highest BCUT2D eigenvalue weighted by molar-refractivity contribution is 5.85. The molecule has 0 saturated carbocycles. The van der Waals surface area contributed by atoms with Gasteiger partial charge in [-0.05, 0) is 11.6 Å². The molecule has 1 aromatic carbocycles. The van der Waals surface area contributed by atoms with Gasteiger partial charge in [0.15, 0.2) is 0 Å². The maximum absolute atomic E-state index is 10.6. The van der Waals surface area contributed by atoms with E-state index in [9.17, 15) is 9.90 Å². The number of aliphatic carboxylic acids is 1. The number of hydrogen-bond donors (Lipinski definition) is 2. The van der Waals surface area contributed by atoms with Gasteiger partial charge in [-0.25, -0.2) is 4.79 Å². The quantitative estimate of drug-likeness (QED) is 0.690. The highest BCUT2D eigenvalue weighted by atomic mass is 16.5. The van der Waals surface area contributed by atoms with Crippen LogP contribution in [0.3, 0.4) is 0 Å². The number of carboxylic acid groups (broad SMARTS) is 1. The third kappa shape index (κ3) is 6.67. The van der Waals surface area contributed by atoms with Crippen molar-refractivity contribution in [3.63, 3.8) is 0 Å². The largest absolute Gasteiger partial charge is 0.872 e. The van der Waals surface area contributed by atoms with Crippen LogP contribution in [-0.4, -0.2) is 37.4 Å². The molecule has 5 nitrogen and oxygen atoms in total. The molecule has 2 rings (SSSR count). The number of rotatable bonds is 2. The van der Waals surface area contributed by atoms with Gasteiger partial charge in [0.25, 0.3) is 0 Å². The molecule has 0 aromatic heterocycles. The Balaban J connectivity index is 0.000000225. The Morgan fingerprint density at radius 1 is 1.28 bits per heavy atom. The van der Waals surface area contributed by atoms with E-state index in [2.05, 4.69) is 5.32 Å². The minimum Gasteiger partial charge on any atom is -0.872 e. The molecule has 1 aromatic rings. The third-order valence-corrected chi connectivity index (χ3v) is 2.23. The monoisotopic (exact) mass is 251 g/mol. The molecule has 98 valence electrons. The Hall–Kier alpha value is -1.85. The van der Waals surface area contributed by atoms with Crippen LogP contribution in [0.5, 0.6) is 5.75 Å². The molecule has 0 atom stereocenters. The average molecular weight is 251 g/mol. The van der Waals surface area contributed by atoms with Crippen LogP contribution in [0.4, 0.5) is 0 Å². The minimum atomic E-state index is -0.999. The van der Waals surface area contributed by atoms with Gasteiger partial charge < -0.3 is 20.3 Å². The van der Waals surface area contributed by atoms with Crippen molar-refractivity contribution in [2.45, 2.75) is 0 Å². The van der Waals surface area contributed by atoms with Crippen LogP contribution in [-0.2, 0) is 9.53 Å². The molecule has 0 aliphatic carbocycles. The Labute approximate surface area is 106 Å². The van der Waals surface area contributed by atoms with Crippen LogP contribution in [0.1, 0.15) is 5.56 Å². The third-order valence-electron chi connectivity index (χ3n) is 2.23. The molecular formula is C13H17NO4. The summed E-state index contributed by atoms with van der Waals surface area (Å²) in [6.45, 7) is 4.19. The second kappa shape index (κ2) is 8.27. The lowest BCUT2D eigenvalue weighted by Crippen LogP contribution is -2.87. The van der Waals surface area contributed by atoms with E-state index >= 15 is 0 Å². The van der Waals surface area contributed by atoms with Crippen molar-refractivity contribution in [3.05, 3.63) is 35.9 Å². The van der Waals surface area contributed by atoms with E-state index in [0.29, 0.717) is 5.56 Å². The van der Waals surface area contributed by atoms with Gasteiger partial charge in [-0.3, -0.25) is 0 Å². The maximum Gasteiger partial charge on any atom is 0.328 e. The van der Waals surface area contributed by atoms with Gasteiger partial charge in [0.2, 0.25) is 0 Å². The van der Waals surface area contributed by atoms with Crippen LogP contribution in [0.15, 0.2) is 30.3 Å². The lowest BCUT2D eigenvalue weighted by atomic mass is 10.2. The molecule has 1 saturated heterocycles. The van der Waals surface area contributed by atoms with Gasteiger partial charge in [-0.2, -0.15) is 0 Å². The fourth-order valence-corrected chi connectivity index (χ4v) is 1.33. The summed E-state index contributed by atoms with van der Waals surface area (Å²) in [5.41, 5.74) is 0.706. The summed E-state index contributed by atoms with van der Waals surface area (Å²) in [6.07, 6.45) is 2.46. The molecule has 1 aliphatic rings.